The summed E-state index contributed by atoms with van der Waals surface area (Å²) in [5, 5.41) is 3.98. The van der Waals surface area contributed by atoms with Crippen molar-refractivity contribution in [3.63, 3.8) is 0 Å². The number of nitrogens with zero attached hydrogens (tertiary/aromatic N) is 3. The average molecular weight is 409 g/mol. The van der Waals surface area contributed by atoms with Crippen LogP contribution in [0.15, 0.2) is 6.07 Å². The summed E-state index contributed by atoms with van der Waals surface area (Å²) in [6, 6.07) is 2.74. The Hall–Kier alpha value is -1.44. The van der Waals surface area contributed by atoms with Gasteiger partial charge in [-0.25, -0.2) is 4.98 Å². The van der Waals surface area contributed by atoms with E-state index in [0.29, 0.717) is 60.5 Å². The van der Waals surface area contributed by atoms with Gasteiger partial charge in [-0.1, -0.05) is 18.5 Å². The van der Waals surface area contributed by atoms with Crippen LogP contribution in [0.4, 0.5) is 0 Å². The number of hydrogen-bond donors (Lipinski definition) is 1. The SMILES string of the molecule is CCC(=O)N1C2CCCC1CC(NCc1nc(Cl)cc(OC3CCOC3)n1)C2. The molecule has 4 rings (SSSR count). The van der Waals surface area contributed by atoms with Crippen molar-refractivity contribution in [1.82, 2.24) is 20.2 Å². The Labute approximate surface area is 171 Å². The topological polar surface area (TPSA) is 76.6 Å². The van der Waals surface area contributed by atoms with Crippen molar-refractivity contribution in [3.05, 3.63) is 17.0 Å². The lowest BCUT2D eigenvalue weighted by Crippen LogP contribution is -2.58. The van der Waals surface area contributed by atoms with E-state index >= 15 is 0 Å². The van der Waals surface area contributed by atoms with Crippen LogP contribution in [0.1, 0.15) is 57.7 Å². The van der Waals surface area contributed by atoms with Crippen molar-refractivity contribution in [2.24, 2.45) is 0 Å². The Morgan fingerprint density at radius 2 is 2.11 bits per heavy atom. The van der Waals surface area contributed by atoms with Gasteiger partial charge in [-0.05, 0) is 32.1 Å². The summed E-state index contributed by atoms with van der Waals surface area (Å²) in [5.74, 6) is 1.44. The minimum Gasteiger partial charge on any atom is -0.472 e. The van der Waals surface area contributed by atoms with Crippen LogP contribution >= 0.6 is 11.6 Å². The fourth-order valence-electron chi connectivity index (χ4n) is 4.73. The normalized spacial score (nSPS) is 29.7. The van der Waals surface area contributed by atoms with E-state index in [1.54, 1.807) is 6.07 Å². The third-order valence-corrected chi connectivity index (χ3v) is 6.20. The lowest BCUT2D eigenvalue weighted by Gasteiger charge is -2.49. The predicted molar refractivity (Wildman–Crippen MR) is 105 cm³/mol. The highest BCUT2D eigenvalue weighted by molar-refractivity contribution is 6.29. The zero-order valence-electron chi connectivity index (χ0n) is 16.4. The highest BCUT2D eigenvalue weighted by Gasteiger charge is 2.40. The molecule has 3 aliphatic rings. The van der Waals surface area contributed by atoms with Gasteiger partial charge >= 0.3 is 0 Å². The van der Waals surface area contributed by atoms with Crippen molar-refractivity contribution in [2.45, 2.75) is 82.6 Å². The lowest BCUT2D eigenvalue weighted by atomic mass is 9.81. The first kappa shape index (κ1) is 19.9. The molecule has 3 aliphatic heterocycles. The van der Waals surface area contributed by atoms with Crippen LogP contribution in [0.5, 0.6) is 5.88 Å². The van der Waals surface area contributed by atoms with Gasteiger partial charge in [-0.3, -0.25) is 4.79 Å². The van der Waals surface area contributed by atoms with Gasteiger partial charge in [0.1, 0.15) is 17.1 Å². The summed E-state index contributed by atoms with van der Waals surface area (Å²) >= 11 is 6.17. The number of amides is 1. The van der Waals surface area contributed by atoms with E-state index in [-0.39, 0.29) is 6.10 Å². The number of nitrogens with one attached hydrogen (secondary N) is 1. The van der Waals surface area contributed by atoms with Crippen LogP contribution in [0, 0.1) is 0 Å². The first-order valence-corrected chi connectivity index (χ1v) is 10.8. The minimum atomic E-state index is 0.0339. The molecule has 2 bridgehead atoms. The molecule has 1 aromatic rings. The van der Waals surface area contributed by atoms with E-state index < -0.39 is 0 Å². The van der Waals surface area contributed by atoms with E-state index in [4.69, 9.17) is 21.1 Å². The Morgan fingerprint density at radius 1 is 1.32 bits per heavy atom. The number of aromatic nitrogens is 2. The number of ether oxygens (including phenoxy) is 2. The van der Waals surface area contributed by atoms with Gasteiger partial charge in [0.15, 0.2) is 0 Å². The number of carbonyl (C=O) groups excluding carboxylic acids is 1. The van der Waals surface area contributed by atoms with Gasteiger partial charge in [-0.15, -0.1) is 0 Å². The van der Waals surface area contributed by atoms with Crippen LogP contribution in [0.3, 0.4) is 0 Å². The third-order valence-electron chi connectivity index (χ3n) is 6.01. The predicted octanol–water partition coefficient (Wildman–Crippen LogP) is 2.71. The molecular weight excluding hydrogens is 380 g/mol. The van der Waals surface area contributed by atoms with E-state index in [1.807, 2.05) is 6.92 Å². The molecular formula is C20H29ClN4O3. The van der Waals surface area contributed by atoms with Gasteiger partial charge in [-0.2, -0.15) is 4.98 Å². The van der Waals surface area contributed by atoms with E-state index in [0.717, 1.165) is 38.7 Å². The number of rotatable bonds is 6. The summed E-state index contributed by atoms with van der Waals surface area (Å²) in [5.41, 5.74) is 0. The zero-order chi connectivity index (χ0) is 19.5. The average Bonchev–Trinajstić information content (AvgIpc) is 3.17. The summed E-state index contributed by atoms with van der Waals surface area (Å²) in [6.07, 6.45) is 6.91. The van der Waals surface area contributed by atoms with Crippen LogP contribution < -0.4 is 10.1 Å². The second-order valence-electron chi connectivity index (χ2n) is 7.99. The van der Waals surface area contributed by atoms with Gasteiger partial charge in [0.05, 0.1) is 19.8 Å². The molecule has 0 aromatic carbocycles. The van der Waals surface area contributed by atoms with Crippen LogP contribution in [0.25, 0.3) is 0 Å². The first-order valence-electron chi connectivity index (χ1n) is 10.4. The van der Waals surface area contributed by atoms with Crippen molar-refractivity contribution in [3.8, 4) is 5.88 Å². The molecule has 1 N–H and O–H groups in total. The third kappa shape index (κ3) is 4.58. The van der Waals surface area contributed by atoms with Gasteiger partial charge in [0.2, 0.25) is 11.8 Å². The molecule has 154 valence electrons. The molecule has 0 spiro atoms. The minimum absolute atomic E-state index is 0.0339. The van der Waals surface area contributed by atoms with Crippen LogP contribution in [-0.2, 0) is 16.1 Å². The molecule has 1 aromatic heterocycles. The molecule has 28 heavy (non-hydrogen) atoms. The van der Waals surface area contributed by atoms with Crippen molar-refractivity contribution in [1.29, 1.82) is 0 Å². The molecule has 4 heterocycles. The highest BCUT2D eigenvalue weighted by atomic mass is 35.5. The molecule has 3 fully saturated rings. The summed E-state index contributed by atoms with van der Waals surface area (Å²) in [6.45, 7) is 3.81. The number of carbonyl (C=O) groups is 1. The molecule has 3 saturated heterocycles. The smallest absolute Gasteiger partial charge is 0.222 e. The zero-order valence-corrected chi connectivity index (χ0v) is 17.2. The molecule has 3 unspecified atom stereocenters. The molecule has 1 amide bonds. The van der Waals surface area contributed by atoms with Crippen LogP contribution in [0.2, 0.25) is 5.15 Å². The van der Waals surface area contributed by atoms with E-state index in [1.165, 1.54) is 6.42 Å². The number of fused-ring (bicyclic) bond motifs is 2. The van der Waals surface area contributed by atoms with E-state index in [2.05, 4.69) is 20.2 Å². The van der Waals surface area contributed by atoms with Crippen molar-refractivity contribution in [2.75, 3.05) is 13.2 Å². The molecule has 0 saturated carbocycles. The summed E-state index contributed by atoms with van der Waals surface area (Å²) < 4.78 is 11.2. The standard InChI is InChI=1S/C20H29ClN4O3/c1-2-20(26)25-14-4-3-5-15(25)9-13(8-14)22-11-18-23-17(21)10-19(24-18)28-16-6-7-27-12-16/h10,13-16,22H,2-9,11-12H2,1H3. The lowest BCUT2D eigenvalue weighted by molar-refractivity contribution is -0.141. The molecule has 8 heteroatoms. The number of piperidine rings is 2. The highest BCUT2D eigenvalue weighted by Crippen LogP contribution is 2.34. The van der Waals surface area contributed by atoms with Crippen molar-refractivity contribution < 1.29 is 14.3 Å². The molecule has 7 nitrogen and oxygen atoms in total. The van der Waals surface area contributed by atoms with Crippen LogP contribution in [-0.4, -0.2) is 58.2 Å². The maximum atomic E-state index is 12.3. The molecule has 0 aliphatic carbocycles. The quantitative estimate of drug-likeness (QED) is 0.729. The molecule has 3 atom stereocenters. The molecule has 0 radical (unpaired) electrons. The maximum Gasteiger partial charge on any atom is 0.222 e. The van der Waals surface area contributed by atoms with Crippen molar-refractivity contribution >= 4 is 17.5 Å². The van der Waals surface area contributed by atoms with Gasteiger partial charge < -0.3 is 19.7 Å². The summed E-state index contributed by atoms with van der Waals surface area (Å²) in [7, 11) is 0. The monoisotopic (exact) mass is 408 g/mol. The fraction of sp³-hybridized carbons (Fsp3) is 0.750. The largest absolute Gasteiger partial charge is 0.472 e. The Kier molecular flexibility index (Phi) is 6.33. The fourth-order valence-corrected chi connectivity index (χ4v) is 4.92. The summed E-state index contributed by atoms with van der Waals surface area (Å²) in [4.78, 5) is 23.3. The second-order valence-corrected chi connectivity index (χ2v) is 8.38. The number of hydrogen-bond acceptors (Lipinski definition) is 6. The Balaban J connectivity index is 1.35. The van der Waals surface area contributed by atoms with Gasteiger partial charge in [0.25, 0.3) is 0 Å². The van der Waals surface area contributed by atoms with E-state index in [9.17, 15) is 4.79 Å². The number of halogens is 1. The Bertz CT molecular complexity index is 684. The first-order chi connectivity index (χ1) is 13.6. The Morgan fingerprint density at radius 3 is 2.79 bits per heavy atom. The second kappa shape index (κ2) is 8.93. The van der Waals surface area contributed by atoms with Gasteiger partial charge in [0, 0.05) is 37.0 Å². The maximum absolute atomic E-state index is 12.3.